The van der Waals surface area contributed by atoms with Crippen molar-refractivity contribution in [3.8, 4) is 11.4 Å². The van der Waals surface area contributed by atoms with Gasteiger partial charge in [0.1, 0.15) is 5.82 Å². The molecule has 0 aromatic carbocycles. The summed E-state index contributed by atoms with van der Waals surface area (Å²) in [5, 5.41) is 7.27. The highest BCUT2D eigenvalue weighted by Gasteiger charge is 2.22. The first-order chi connectivity index (χ1) is 12.1. The molecule has 1 aliphatic rings. The van der Waals surface area contributed by atoms with Crippen molar-refractivity contribution in [3.63, 3.8) is 0 Å². The minimum atomic E-state index is -0.0536. The average Bonchev–Trinajstić information content (AvgIpc) is 2.95. The van der Waals surface area contributed by atoms with Gasteiger partial charge < -0.3 is 4.98 Å². The highest BCUT2D eigenvalue weighted by atomic mass is 16.1. The number of hydrogen-bond donors (Lipinski definition) is 2. The highest BCUT2D eigenvalue weighted by molar-refractivity contribution is 5.54. The zero-order chi connectivity index (χ0) is 17.4. The summed E-state index contributed by atoms with van der Waals surface area (Å²) >= 11 is 0. The molecule has 0 bridgehead atoms. The number of aromatic amines is 2. The molecule has 2 N–H and O–H groups in total. The first-order valence-electron chi connectivity index (χ1n) is 8.37. The molecule has 3 aromatic rings. The molecule has 7 nitrogen and oxygen atoms in total. The monoisotopic (exact) mass is 336 g/mol. The van der Waals surface area contributed by atoms with E-state index >= 15 is 0 Å². The molecule has 0 atom stereocenters. The maximum atomic E-state index is 12.6. The molecule has 4 heterocycles. The molecule has 128 valence electrons. The summed E-state index contributed by atoms with van der Waals surface area (Å²) in [6.45, 7) is 6.31. The van der Waals surface area contributed by atoms with Crippen LogP contribution in [0.25, 0.3) is 11.4 Å². The van der Waals surface area contributed by atoms with E-state index in [1.165, 1.54) is 5.56 Å². The van der Waals surface area contributed by atoms with Crippen LogP contribution in [-0.2, 0) is 19.5 Å². The SMILES string of the molecule is Cc1n[nH]c(C)c1CN1CCc2nc(-c3ccncc3)[nH]c(=O)c2C1. The number of H-pyrrole nitrogens is 2. The summed E-state index contributed by atoms with van der Waals surface area (Å²) in [6.07, 6.45) is 4.17. The van der Waals surface area contributed by atoms with Crippen molar-refractivity contribution >= 4 is 0 Å². The molecule has 0 radical (unpaired) electrons. The van der Waals surface area contributed by atoms with Crippen LogP contribution in [0, 0.1) is 13.8 Å². The molecular formula is C18H20N6O. The van der Waals surface area contributed by atoms with Gasteiger partial charge in [0.2, 0.25) is 0 Å². The molecule has 3 aromatic heterocycles. The fourth-order valence-corrected chi connectivity index (χ4v) is 3.29. The van der Waals surface area contributed by atoms with Gasteiger partial charge in [0.25, 0.3) is 5.56 Å². The first kappa shape index (κ1) is 15.7. The lowest BCUT2D eigenvalue weighted by Gasteiger charge is -2.27. The fourth-order valence-electron chi connectivity index (χ4n) is 3.29. The summed E-state index contributed by atoms with van der Waals surface area (Å²) in [7, 11) is 0. The number of hydrogen-bond acceptors (Lipinski definition) is 5. The van der Waals surface area contributed by atoms with Crippen LogP contribution in [0.5, 0.6) is 0 Å². The van der Waals surface area contributed by atoms with Crippen molar-refractivity contribution in [3.05, 3.63) is 63.1 Å². The quantitative estimate of drug-likeness (QED) is 0.760. The Hall–Kier alpha value is -2.80. The first-order valence-corrected chi connectivity index (χ1v) is 8.37. The van der Waals surface area contributed by atoms with Crippen LogP contribution in [0.4, 0.5) is 0 Å². The molecule has 7 heteroatoms. The Morgan fingerprint density at radius 1 is 1.24 bits per heavy atom. The third-order valence-corrected chi connectivity index (χ3v) is 4.76. The van der Waals surface area contributed by atoms with E-state index in [0.717, 1.165) is 47.7 Å². The number of nitrogens with zero attached hydrogens (tertiary/aromatic N) is 4. The predicted octanol–water partition coefficient (Wildman–Crippen LogP) is 1.73. The van der Waals surface area contributed by atoms with E-state index in [4.69, 9.17) is 0 Å². The Kier molecular flexibility index (Phi) is 3.93. The van der Waals surface area contributed by atoms with E-state index in [-0.39, 0.29) is 5.56 Å². The molecule has 1 aliphatic heterocycles. The minimum Gasteiger partial charge on any atom is -0.306 e. The maximum Gasteiger partial charge on any atom is 0.255 e. The molecule has 25 heavy (non-hydrogen) atoms. The van der Waals surface area contributed by atoms with Gasteiger partial charge in [-0.25, -0.2) is 4.98 Å². The van der Waals surface area contributed by atoms with Crippen LogP contribution in [-0.4, -0.2) is 36.6 Å². The molecular weight excluding hydrogens is 316 g/mol. The number of nitrogens with one attached hydrogen (secondary N) is 2. The number of aryl methyl sites for hydroxylation is 2. The smallest absolute Gasteiger partial charge is 0.255 e. The largest absolute Gasteiger partial charge is 0.306 e. The van der Waals surface area contributed by atoms with Gasteiger partial charge in [-0.15, -0.1) is 0 Å². The molecule has 0 fully saturated rings. The summed E-state index contributed by atoms with van der Waals surface area (Å²) in [5.74, 6) is 0.612. The summed E-state index contributed by atoms with van der Waals surface area (Å²) in [6, 6.07) is 3.70. The van der Waals surface area contributed by atoms with Gasteiger partial charge in [-0.2, -0.15) is 5.10 Å². The number of fused-ring (bicyclic) bond motifs is 1. The van der Waals surface area contributed by atoms with Gasteiger partial charge in [-0.1, -0.05) is 0 Å². The maximum absolute atomic E-state index is 12.6. The third kappa shape index (κ3) is 2.98. The Bertz CT molecular complexity index is 940. The number of pyridine rings is 1. The average molecular weight is 336 g/mol. The molecule has 0 spiro atoms. The van der Waals surface area contributed by atoms with Gasteiger partial charge in [0.05, 0.1) is 17.0 Å². The van der Waals surface area contributed by atoms with E-state index in [0.29, 0.717) is 12.4 Å². The van der Waals surface area contributed by atoms with E-state index in [9.17, 15) is 4.79 Å². The van der Waals surface area contributed by atoms with E-state index < -0.39 is 0 Å². The summed E-state index contributed by atoms with van der Waals surface area (Å²) < 4.78 is 0. The second-order valence-electron chi connectivity index (χ2n) is 6.45. The van der Waals surface area contributed by atoms with Crippen LogP contribution >= 0.6 is 0 Å². The zero-order valence-corrected chi connectivity index (χ0v) is 14.3. The Labute approximate surface area is 145 Å². The van der Waals surface area contributed by atoms with Gasteiger partial charge >= 0.3 is 0 Å². The van der Waals surface area contributed by atoms with Crippen molar-refractivity contribution in [2.24, 2.45) is 0 Å². The van der Waals surface area contributed by atoms with Crippen molar-refractivity contribution in [1.82, 2.24) is 30.0 Å². The zero-order valence-electron chi connectivity index (χ0n) is 14.3. The van der Waals surface area contributed by atoms with Crippen LogP contribution < -0.4 is 5.56 Å². The van der Waals surface area contributed by atoms with Crippen LogP contribution in [0.15, 0.2) is 29.3 Å². The predicted molar refractivity (Wildman–Crippen MR) is 94.0 cm³/mol. The van der Waals surface area contributed by atoms with Gasteiger partial charge in [0, 0.05) is 55.3 Å². The molecule has 4 rings (SSSR count). The van der Waals surface area contributed by atoms with E-state index in [2.05, 4.69) is 30.0 Å². The van der Waals surface area contributed by atoms with Gasteiger partial charge in [0.15, 0.2) is 0 Å². The number of aromatic nitrogens is 5. The van der Waals surface area contributed by atoms with Gasteiger partial charge in [-0.3, -0.25) is 19.8 Å². The molecule has 0 saturated carbocycles. The molecule has 0 saturated heterocycles. The van der Waals surface area contributed by atoms with E-state index in [1.54, 1.807) is 12.4 Å². The molecule has 0 amide bonds. The van der Waals surface area contributed by atoms with Crippen molar-refractivity contribution in [2.45, 2.75) is 33.4 Å². The fraction of sp³-hybridized carbons (Fsp3) is 0.333. The number of rotatable bonds is 3. The lowest BCUT2D eigenvalue weighted by molar-refractivity contribution is 0.241. The lowest BCUT2D eigenvalue weighted by atomic mass is 10.0. The molecule has 0 aliphatic carbocycles. The lowest BCUT2D eigenvalue weighted by Crippen LogP contribution is -2.35. The van der Waals surface area contributed by atoms with Crippen molar-refractivity contribution < 1.29 is 0 Å². The second kappa shape index (κ2) is 6.25. The Morgan fingerprint density at radius 3 is 2.76 bits per heavy atom. The normalized spacial score (nSPS) is 14.5. The second-order valence-corrected chi connectivity index (χ2v) is 6.45. The van der Waals surface area contributed by atoms with Gasteiger partial charge in [-0.05, 0) is 26.0 Å². The minimum absolute atomic E-state index is 0.0536. The van der Waals surface area contributed by atoms with Crippen LogP contribution in [0.1, 0.15) is 28.2 Å². The summed E-state index contributed by atoms with van der Waals surface area (Å²) in [4.78, 5) is 26.5. The third-order valence-electron chi connectivity index (χ3n) is 4.76. The van der Waals surface area contributed by atoms with Crippen molar-refractivity contribution in [1.29, 1.82) is 0 Å². The topological polar surface area (TPSA) is 90.6 Å². The highest BCUT2D eigenvalue weighted by Crippen LogP contribution is 2.21. The van der Waals surface area contributed by atoms with Crippen LogP contribution in [0.3, 0.4) is 0 Å². The Balaban J connectivity index is 1.61. The summed E-state index contributed by atoms with van der Waals surface area (Å²) in [5.41, 5.74) is 5.80. The van der Waals surface area contributed by atoms with E-state index in [1.807, 2.05) is 26.0 Å². The Morgan fingerprint density at radius 2 is 2.04 bits per heavy atom. The standard InChI is InChI=1S/C18H20N6O/c1-11-14(12(2)23-22-11)9-24-8-5-16-15(10-24)18(25)21-17(20-16)13-3-6-19-7-4-13/h3-4,6-7H,5,8-10H2,1-2H3,(H,22,23)(H,20,21,25). The molecule has 0 unspecified atom stereocenters. The van der Waals surface area contributed by atoms with Crippen LogP contribution in [0.2, 0.25) is 0 Å². The van der Waals surface area contributed by atoms with Crippen molar-refractivity contribution in [2.75, 3.05) is 6.54 Å².